The normalized spacial score (nSPS) is 28.1. The second kappa shape index (κ2) is 16.6. The highest BCUT2D eigenvalue weighted by molar-refractivity contribution is 7.91. The van der Waals surface area contributed by atoms with Crippen molar-refractivity contribution in [2.45, 2.75) is 126 Å². The van der Waals surface area contributed by atoms with Crippen molar-refractivity contribution < 1.29 is 55.3 Å². The van der Waals surface area contributed by atoms with E-state index in [4.69, 9.17) is 14.5 Å². The topological polar surface area (TPSA) is 202 Å². The standard InChI is InChI=1S/C43H54F3N7O9S/c1-7-26-19-25(2)11-8-9-12-27-23-42(27,38(56)50-63(59,60)41(5)15-16-41)49-36(54)32-21-29(24-51(32)37(55)35(26)53(39(57)58)40(3,4)43(44,45)46)62-33-22-34(52-18-10-17-47-52)48-31-20-28(61-6)13-14-30(31)33/h9-10,12-14,17-18,20,22,25-27,29,32,35H,7-8,11,15-16,19,21,23-24H2,1-6H3,(H,49,54)(H,50,56)(H,57,58)/b12-9-/t25-,26-,27-,29-,32+,35+,42-/m1/s1. The van der Waals surface area contributed by atoms with Crippen LogP contribution >= 0.6 is 0 Å². The number of benzene rings is 1. The number of nitrogens with zero attached hydrogens (tertiary/aromatic N) is 5. The van der Waals surface area contributed by atoms with Crippen LogP contribution in [0.3, 0.4) is 0 Å². The van der Waals surface area contributed by atoms with E-state index in [1.807, 2.05) is 13.0 Å². The molecule has 7 rings (SSSR count). The van der Waals surface area contributed by atoms with Crippen LogP contribution in [0.25, 0.3) is 16.7 Å². The molecule has 2 saturated carbocycles. The van der Waals surface area contributed by atoms with Gasteiger partial charge in [0, 0.05) is 42.3 Å². The van der Waals surface area contributed by atoms with Gasteiger partial charge in [0.15, 0.2) is 5.82 Å². The molecule has 0 bridgehead atoms. The van der Waals surface area contributed by atoms with E-state index in [1.54, 1.807) is 55.7 Å². The molecule has 20 heteroatoms. The third-order valence-corrected chi connectivity index (χ3v) is 15.5. The number of halogens is 3. The van der Waals surface area contributed by atoms with Crippen LogP contribution in [-0.4, -0.2) is 116 Å². The summed E-state index contributed by atoms with van der Waals surface area (Å²) in [6, 6.07) is 4.98. The number of amides is 4. The molecule has 2 aliphatic heterocycles. The fourth-order valence-corrected chi connectivity index (χ4v) is 10.2. The van der Waals surface area contributed by atoms with E-state index in [0.29, 0.717) is 62.0 Å². The number of aromatic nitrogens is 3. The molecule has 3 N–H and O–H groups in total. The molecule has 3 aromatic rings. The lowest BCUT2D eigenvalue weighted by atomic mass is 9.82. The number of carboxylic acid groups (broad SMARTS) is 1. The summed E-state index contributed by atoms with van der Waals surface area (Å²) < 4.78 is 85.9. The zero-order valence-corrected chi connectivity index (χ0v) is 36.8. The number of sulfonamides is 1. The second-order valence-corrected chi connectivity index (χ2v) is 20.3. The fourth-order valence-electron chi connectivity index (χ4n) is 8.86. The first-order chi connectivity index (χ1) is 29.6. The van der Waals surface area contributed by atoms with Crippen LogP contribution < -0.4 is 19.5 Å². The smallest absolute Gasteiger partial charge is 0.411 e. The van der Waals surface area contributed by atoms with Crippen molar-refractivity contribution in [1.82, 2.24) is 34.6 Å². The molecule has 4 amide bonds. The van der Waals surface area contributed by atoms with Crippen LogP contribution in [0.1, 0.15) is 86.0 Å². The van der Waals surface area contributed by atoms with Crippen molar-refractivity contribution in [1.29, 1.82) is 0 Å². The van der Waals surface area contributed by atoms with Gasteiger partial charge in [-0.1, -0.05) is 32.4 Å². The summed E-state index contributed by atoms with van der Waals surface area (Å²) in [4.78, 5) is 63.3. The van der Waals surface area contributed by atoms with Crippen molar-refractivity contribution in [2.24, 2.45) is 17.8 Å². The minimum absolute atomic E-state index is 0.0409. The van der Waals surface area contributed by atoms with E-state index in [0.717, 1.165) is 4.90 Å². The SMILES string of the molecule is CC[C@@H]1C[C@H](C)CC/C=C\[C@@H]2C[C@@]2(C(=O)NS(=O)(=O)C2(C)CC2)NC(=O)[C@@H]2C[C@@H](Oc3cc(-n4cccn4)nc4cc(OC)ccc34)CN2C(=O)[C@H]1N(C(=O)O)C(C)(C)C(F)(F)F. The number of carbonyl (C=O) groups is 4. The van der Waals surface area contributed by atoms with Crippen molar-refractivity contribution in [3.8, 4) is 17.3 Å². The molecule has 2 aliphatic carbocycles. The average Bonchev–Trinajstić information content (AvgIpc) is 3.97. The summed E-state index contributed by atoms with van der Waals surface area (Å²) >= 11 is 0. The number of hydrogen-bond acceptors (Lipinski definition) is 10. The highest BCUT2D eigenvalue weighted by atomic mass is 32.2. The summed E-state index contributed by atoms with van der Waals surface area (Å²) in [6.07, 6.45) is 0.457. The van der Waals surface area contributed by atoms with Gasteiger partial charge < -0.3 is 24.8 Å². The van der Waals surface area contributed by atoms with Gasteiger partial charge in [-0.05, 0) is 89.3 Å². The molecule has 0 unspecified atom stereocenters. The van der Waals surface area contributed by atoms with Gasteiger partial charge in [-0.2, -0.15) is 18.3 Å². The minimum Gasteiger partial charge on any atom is -0.497 e. The lowest BCUT2D eigenvalue weighted by Gasteiger charge is -2.46. The van der Waals surface area contributed by atoms with Gasteiger partial charge in [0.2, 0.25) is 21.8 Å². The maximum Gasteiger partial charge on any atom is 0.411 e. The van der Waals surface area contributed by atoms with Crippen LogP contribution in [0.2, 0.25) is 0 Å². The molecule has 16 nitrogen and oxygen atoms in total. The number of methoxy groups -OCH3 is 1. The van der Waals surface area contributed by atoms with E-state index in [9.17, 15) is 41.1 Å². The highest BCUT2D eigenvalue weighted by Gasteiger charge is 2.64. The predicted molar refractivity (Wildman–Crippen MR) is 223 cm³/mol. The zero-order chi connectivity index (χ0) is 45.9. The molecule has 4 aliphatic rings. The molecular formula is C43H54F3N7O9S. The Morgan fingerprint density at radius 3 is 2.49 bits per heavy atom. The van der Waals surface area contributed by atoms with Crippen LogP contribution in [0.4, 0.5) is 18.0 Å². The van der Waals surface area contributed by atoms with Gasteiger partial charge in [-0.3, -0.25) is 24.0 Å². The fraction of sp³-hybridized carbons (Fsp3) is 0.581. The molecule has 3 fully saturated rings. The maximum absolute atomic E-state index is 15.3. The van der Waals surface area contributed by atoms with Crippen molar-refractivity contribution in [3.63, 3.8) is 0 Å². The van der Waals surface area contributed by atoms with Crippen molar-refractivity contribution in [3.05, 3.63) is 54.9 Å². The summed E-state index contributed by atoms with van der Waals surface area (Å²) in [6.45, 7) is 6.11. The number of alkyl halides is 3. The lowest BCUT2D eigenvalue weighted by Crippen LogP contribution is -2.66. The zero-order valence-electron chi connectivity index (χ0n) is 36.0. The summed E-state index contributed by atoms with van der Waals surface area (Å²) in [5, 5.41) is 18.2. The van der Waals surface area contributed by atoms with Crippen LogP contribution in [0, 0.1) is 17.8 Å². The Morgan fingerprint density at radius 2 is 1.87 bits per heavy atom. The number of hydrogen-bond donors (Lipinski definition) is 3. The molecule has 4 heterocycles. The van der Waals surface area contributed by atoms with E-state index in [-0.39, 0.29) is 48.8 Å². The van der Waals surface area contributed by atoms with E-state index < -0.39 is 85.9 Å². The molecule has 1 aromatic carbocycles. The number of fused-ring (bicyclic) bond motifs is 3. The first-order valence-corrected chi connectivity index (χ1v) is 22.6. The Labute approximate surface area is 363 Å². The van der Waals surface area contributed by atoms with E-state index in [2.05, 4.69) is 15.1 Å². The van der Waals surface area contributed by atoms with Crippen LogP contribution in [0.15, 0.2) is 54.9 Å². The number of pyridine rings is 1. The number of carbonyl (C=O) groups excluding carboxylic acids is 3. The third kappa shape index (κ3) is 8.66. The minimum atomic E-state index is -5.11. The summed E-state index contributed by atoms with van der Waals surface area (Å²) in [5.41, 5.74) is -4.34. The van der Waals surface area contributed by atoms with Crippen molar-refractivity contribution in [2.75, 3.05) is 13.7 Å². The van der Waals surface area contributed by atoms with Gasteiger partial charge in [-0.15, -0.1) is 0 Å². The average molecular weight is 902 g/mol. The highest BCUT2D eigenvalue weighted by Crippen LogP contribution is 2.48. The Hall–Kier alpha value is -5.40. The van der Waals surface area contributed by atoms with E-state index in [1.165, 1.54) is 18.7 Å². The maximum atomic E-state index is 15.3. The Bertz CT molecular complexity index is 2410. The Kier molecular flexibility index (Phi) is 12.0. The molecule has 0 radical (unpaired) electrons. The largest absolute Gasteiger partial charge is 0.497 e. The van der Waals surface area contributed by atoms with Gasteiger partial charge >= 0.3 is 12.3 Å². The van der Waals surface area contributed by atoms with Crippen LogP contribution in [0.5, 0.6) is 11.5 Å². The first kappa shape index (κ1) is 45.6. The summed E-state index contributed by atoms with van der Waals surface area (Å²) in [5.74, 6) is -3.50. The number of allylic oxidation sites excluding steroid dienone is 1. The number of ether oxygens (including phenoxy) is 2. The quantitative estimate of drug-likeness (QED) is 0.210. The Morgan fingerprint density at radius 1 is 1.14 bits per heavy atom. The van der Waals surface area contributed by atoms with Gasteiger partial charge in [0.25, 0.3) is 5.91 Å². The second-order valence-electron chi connectivity index (χ2n) is 18.1. The number of rotatable bonds is 10. The predicted octanol–water partition coefficient (Wildman–Crippen LogP) is 5.74. The lowest BCUT2D eigenvalue weighted by molar-refractivity contribution is -0.222. The molecule has 7 atom stereocenters. The van der Waals surface area contributed by atoms with Gasteiger partial charge in [0.05, 0.1) is 23.9 Å². The summed E-state index contributed by atoms with van der Waals surface area (Å²) in [7, 11) is -2.65. The first-order valence-electron chi connectivity index (χ1n) is 21.2. The molecule has 63 heavy (non-hydrogen) atoms. The monoisotopic (exact) mass is 901 g/mol. The van der Waals surface area contributed by atoms with Crippen LogP contribution in [-0.2, 0) is 24.4 Å². The molecular weight excluding hydrogens is 848 g/mol. The molecule has 1 saturated heterocycles. The molecule has 2 aromatic heterocycles. The van der Waals surface area contributed by atoms with Crippen molar-refractivity contribution >= 4 is 44.7 Å². The van der Waals surface area contributed by atoms with E-state index >= 15 is 4.79 Å². The van der Waals surface area contributed by atoms with Gasteiger partial charge in [0.1, 0.15) is 40.8 Å². The van der Waals surface area contributed by atoms with Gasteiger partial charge in [-0.25, -0.2) is 22.9 Å². The third-order valence-electron chi connectivity index (χ3n) is 13.3. The Balaban J connectivity index is 1.33. The number of nitrogens with one attached hydrogen (secondary N) is 2. The molecule has 342 valence electrons. The molecule has 0 spiro atoms.